The van der Waals surface area contributed by atoms with Gasteiger partial charge in [-0.3, -0.25) is 14.5 Å². The van der Waals surface area contributed by atoms with Crippen molar-refractivity contribution in [3.05, 3.63) is 83.4 Å². The largest absolute Gasteiger partial charge is 0.457 e. The molecule has 1 atom stereocenters. The monoisotopic (exact) mass is 583 g/mol. The minimum absolute atomic E-state index is 0.198. The summed E-state index contributed by atoms with van der Waals surface area (Å²) in [6, 6.07) is 16.2. The molecule has 4 aromatic rings. The number of carbonyl (C=O) groups excluding carboxylic acids is 3. The fraction of sp³-hybridized carbons (Fsp3) is 0.226. The van der Waals surface area contributed by atoms with E-state index in [9.17, 15) is 14.4 Å². The van der Waals surface area contributed by atoms with Gasteiger partial charge in [0.15, 0.2) is 0 Å². The van der Waals surface area contributed by atoms with Gasteiger partial charge in [-0.2, -0.15) is 0 Å². The minimum atomic E-state index is -0.382. The molecule has 0 spiro atoms. The molecule has 0 aliphatic carbocycles. The maximum Gasteiger partial charge on any atom is 0.331 e. The van der Waals surface area contributed by atoms with Crippen LogP contribution in [0.15, 0.2) is 72.9 Å². The Kier molecular flexibility index (Phi) is 7.60. The Hall–Kier alpha value is -4.74. The number of amides is 4. The standard InChI is InChI=1S/C31H29N5O5S/c1-19-17-22(41-21-8-3-2-4-9-21)11-12-23(19)36-24-13-14-32-30-26(24)27(34-31(36)40)28(42-30)29(39)33-20-7-5-15-35(18-20)25(38)10-6-16-37/h2-4,6,8-14,17,20,37H,5,7,15-16,18H2,1H3,(H,33,39)(H,34,40)/b10-6+/t20-/m0/s1. The highest BCUT2D eigenvalue weighted by Crippen LogP contribution is 2.46. The average Bonchev–Trinajstić information content (AvgIpc) is 3.37. The zero-order chi connectivity index (χ0) is 29.2. The van der Waals surface area contributed by atoms with E-state index in [2.05, 4.69) is 15.6 Å². The first kappa shape index (κ1) is 27.4. The molecule has 2 aromatic carbocycles. The van der Waals surface area contributed by atoms with Crippen molar-refractivity contribution in [1.82, 2.24) is 15.2 Å². The summed E-state index contributed by atoms with van der Waals surface area (Å²) in [7, 11) is 0. The van der Waals surface area contributed by atoms with Gasteiger partial charge in [-0.15, -0.1) is 11.3 Å². The lowest BCUT2D eigenvalue weighted by Crippen LogP contribution is -2.49. The number of aliphatic hydroxyl groups excluding tert-OH is 1. The molecule has 2 aliphatic heterocycles. The van der Waals surface area contributed by atoms with Crippen molar-refractivity contribution in [2.24, 2.45) is 0 Å². The molecule has 4 amide bonds. The summed E-state index contributed by atoms with van der Waals surface area (Å²) in [5, 5.41) is 15.6. The Morgan fingerprint density at radius 2 is 2.00 bits per heavy atom. The van der Waals surface area contributed by atoms with Crippen LogP contribution in [0.25, 0.3) is 10.2 Å². The van der Waals surface area contributed by atoms with E-state index in [0.29, 0.717) is 51.0 Å². The molecule has 0 saturated carbocycles. The van der Waals surface area contributed by atoms with Gasteiger partial charge in [-0.25, -0.2) is 9.78 Å². The second kappa shape index (κ2) is 11.6. The number of thiophene rings is 1. The molecule has 6 rings (SSSR count). The SMILES string of the molecule is Cc1cc(Oc2ccccc2)ccc1N1C(=O)Nc2c(C(=O)N[C@H]3CCCN(C(=O)/C=C/CO)C3)sc3nccc1c23. The van der Waals surface area contributed by atoms with Gasteiger partial charge < -0.3 is 25.4 Å². The summed E-state index contributed by atoms with van der Waals surface area (Å²) in [6.45, 7) is 2.67. The van der Waals surface area contributed by atoms with Gasteiger partial charge in [0, 0.05) is 31.4 Å². The number of rotatable bonds is 7. The molecule has 11 heteroatoms. The number of hydrogen-bond donors (Lipinski definition) is 3. The predicted molar refractivity (Wildman–Crippen MR) is 162 cm³/mol. The molecule has 0 radical (unpaired) electrons. The fourth-order valence-electron chi connectivity index (χ4n) is 5.36. The number of aromatic nitrogens is 1. The number of aryl methyl sites for hydroxylation is 1. The number of aliphatic hydroxyl groups is 1. The van der Waals surface area contributed by atoms with Crippen molar-refractivity contribution >= 4 is 56.5 Å². The van der Waals surface area contributed by atoms with Gasteiger partial charge >= 0.3 is 6.03 Å². The Morgan fingerprint density at radius 1 is 1.17 bits per heavy atom. The summed E-state index contributed by atoms with van der Waals surface area (Å²) in [6.07, 6.45) is 5.86. The maximum atomic E-state index is 13.6. The van der Waals surface area contributed by atoms with Crippen LogP contribution in [0.2, 0.25) is 0 Å². The first-order valence-electron chi connectivity index (χ1n) is 13.7. The number of ether oxygens (including phenoxy) is 1. The van der Waals surface area contributed by atoms with E-state index in [1.54, 1.807) is 22.1 Å². The smallest absolute Gasteiger partial charge is 0.331 e. The van der Waals surface area contributed by atoms with E-state index >= 15 is 0 Å². The lowest BCUT2D eigenvalue weighted by atomic mass is 10.0. The molecule has 214 valence electrons. The van der Waals surface area contributed by atoms with Gasteiger partial charge in [0.05, 0.1) is 29.1 Å². The molecule has 10 nitrogen and oxygen atoms in total. The highest BCUT2D eigenvalue weighted by atomic mass is 32.1. The normalized spacial score (nSPS) is 16.5. The molecule has 3 N–H and O–H groups in total. The van der Waals surface area contributed by atoms with Gasteiger partial charge in [-0.1, -0.05) is 24.3 Å². The molecule has 2 aromatic heterocycles. The topological polar surface area (TPSA) is 124 Å². The fourth-order valence-corrected chi connectivity index (χ4v) is 6.38. The van der Waals surface area contributed by atoms with Crippen molar-refractivity contribution in [3.63, 3.8) is 0 Å². The number of pyridine rings is 1. The Bertz CT molecular complexity index is 1700. The summed E-state index contributed by atoms with van der Waals surface area (Å²) in [5.74, 6) is 0.853. The predicted octanol–water partition coefficient (Wildman–Crippen LogP) is 5.35. The number of benzene rings is 2. The van der Waals surface area contributed by atoms with Crippen molar-refractivity contribution in [2.75, 3.05) is 29.9 Å². The molecule has 0 bridgehead atoms. The lowest BCUT2D eigenvalue weighted by molar-refractivity contribution is -0.127. The number of para-hydroxylation sites is 1. The number of nitrogens with one attached hydrogen (secondary N) is 2. The van der Waals surface area contributed by atoms with Crippen LogP contribution in [-0.4, -0.2) is 58.6 Å². The summed E-state index contributed by atoms with van der Waals surface area (Å²) in [4.78, 5) is 48.2. The number of anilines is 3. The summed E-state index contributed by atoms with van der Waals surface area (Å²) >= 11 is 1.22. The van der Waals surface area contributed by atoms with Gasteiger partial charge in [0.2, 0.25) is 5.91 Å². The van der Waals surface area contributed by atoms with Gasteiger partial charge in [0.1, 0.15) is 21.2 Å². The van der Waals surface area contributed by atoms with E-state index in [1.807, 2.05) is 55.5 Å². The Morgan fingerprint density at radius 3 is 2.79 bits per heavy atom. The van der Waals surface area contributed by atoms with Crippen molar-refractivity contribution in [1.29, 1.82) is 0 Å². The zero-order valence-electron chi connectivity index (χ0n) is 22.9. The van der Waals surface area contributed by atoms with Crippen LogP contribution in [0.4, 0.5) is 21.9 Å². The summed E-state index contributed by atoms with van der Waals surface area (Å²) in [5.41, 5.74) is 2.60. The van der Waals surface area contributed by atoms with Crippen LogP contribution in [0.1, 0.15) is 28.1 Å². The lowest BCUT2D eigenvalue weighted by Gasteiger charge is -2.32. The van der Waals surface area contributed by atoms with E-state index in [4.69, 9.17) is 9.84 Å². The van der Waals surface area contributed by atoms with Gasteiger partial charge in [0.25, 0.3) is 5.91 Å². The number of piperidine rings is 1. The quantitative estimate of drug-likeness (QED) is 0.252. The first-order valence-corrected chi connectivity index (χ1v) is 14.5. The van der Waals surface area contributed by atoms with E-state index < -0.39 is 0 Å². The minimum Gasteiger partial charge on any atom is -0.457 e. The Labute approximate surface area is 246 Å². The highest BCUT2D eigenvalue weighted by molar-refractivity contribution is 7.21. The Balaban J connectivity index is 1.26. The molecule has 1 fully saturated rings. The number of carbonyl (C=O) groups is 3. The van der Waals surface area contributed by atoms with Crippen LogP contribution in [0, 0.1) is 6.92 Å². The third-order valence-corrected chi connectivity index (χ3v) is 8.37. The molecular weight excluding hydrogens is 554 g/mol. The van der Waals surface area contributed by atoms with Crippen LogP contribution in [0.5, 0.6) is 11.5 Å². The van der Waals surface area contributed by atoms with Crippen molar-refractivity contribution in [2.45, 2.75) is 25.8 Å². The molecule has 2 aliphatic rings. The van der Waals surface area contributed by atoms with Crippen LogP contribution < -0.4 is 20.3 Å². The second-order valence-electron chi connectivity index (χ2n) is 10.1. The number of likely N-dealkylation sites (tertiary alicyclic amines) is 1. The number of hydrogen-bond acceptors (Lipinski definition) is 7. The highest BCUT2D eigenvalue weighted by Gasteiger charge is 2.34. The van der Waals surface area contributed by atoms with Gasteiger partial charge in [-0.05, 0) is 61.7 Å². The van der Waals surface area contributed by atoms with Crippen molar-refractivity contribution < 1.29 is 24.2 Å². The van der Waals surface area contributed by atoms with E-state index in [0.717, 1.165) is 24.2 Å². The summed E-state index contributed by atoms with van der Waals surface area (Å²) < 4.78 is 5.96. The molecule has 42 heavy (non-hydrogen) atoms. The number of urea groups is 1. The van der Waals surface area contributed by atoms with E-state index in [1.165, 1.54) is 23.5 Å². The number of nitrogens with zero attached hydrogens (tertiary/aromatic N) is 3. The molecule has 4 heterocycles. The van der Waals surface area contributed by atoms with Crippen LogP contribution in [-0.2, 0) is 4.79 Å². The van der Waals surface area contributed by atoms with E-state index in [-0.39, 0.29) is 30.5 Å². The van der Waals surface area contributed by atoms with Crippen LogP contribution >= 0.6 is 11.3 Å². The molecule has 0 unspecified atom stereocenters. The third kappa shape index (κ3) is 5.31. The molecular formula is C31H29N5O5S. The second-order valence-corrected chi connectivity index (χ2v) is 11.1. The maximum absolute atomic E-state index is 13.6. The van der Waals surface area contributed by atoms with Crippen molar-refractivity contribution in [3.8, 4) is 11.5 Å². The molecule has 1 saturated heterocycles. The zero-order valence-corrected chi connectivity index (χ0v) is 23.7. The third-order valence-electron chi connectivity index (χ3n) is 7.27. The average molecular weight is 584 g/mol. The van der Waals surface area contributed by atoms with Crippen LogP contribution in [0.3, 0.4) is 0 Å². The first-order chi connectivity index (χ1) is 20.4.